The zero-order valence-electron chi connectivity index (χ0n) is 15.0. The first-order valence-electron chi connectivity index (χ1n) is 8.31. The minimum absolute atomic E-state index is 0.0429. The van der Waals surface area contributed by atoms with Gasteiger partial charge >= 0.3 is 18.0 Å². The van der Waals surface area contributed by atoms with Crippen molar-refractivity contribution in [3.8, 4) is 0 Å². The summed E-state index contributed by atoms with van der Waals surface area (Å²) in [4.78, 5) is 36.2. The molecule has 26 heavy (non-hydrogen) atoms. The third kappa shape index (κ3) is 4.95. The van der Waals surface area contributed by atoms with E-state index in [1.165, 1.54) is 13.8 Å². The SMILES string of the molecule is CC(=O)O[C@H]1[C@@H](OC(C)=O)C[C@@H](O)N(C(=O)OCc2ccccc2)[C@@H]1C. The summed E-state index contributed by atoms with van der Waals surface area (Å²) in [6.45, 7) is 4.08. The molecule has 0 radical (unpaired) electrons. The number of likely N-dealkylation sites (tertiary alicyclic amines) is 1. The van der Waals surface area contributed by atoms with Crippen LogP contribution >= 0.6 is 0 Å². The molecule has 1 aliphatic rings. The van der Waals surface area contributed by atoms with E-state index in [4.69, 9.17) is 14.2 Å². The van der Waals surface area contributed by atoms with Gasteiger partial charge in [0.05, 0.1) is 6.04 Å². The van der Waals surface area contributed by atoms with Gasteiger partial charge in [0.25, 0.3) is 0 Å². The Labute approximate surface area is 151 Å². The maximum absolute atomic E-state index is 12.4. The molecule has 1 saturated heterocycles. The van der Waals surface area contributed by atoms with E-state index in [2.05, 4.69) is 0 Å². The van der Waals surface area contributed by atoms with Crippen molar-refractivity contribution in [1.82, 2.24) is 4.90 Å². The lowest BCUT2D eigenvalue weighted by molar-refractivity contribution is -0.192. The molecule has 1 N–H and O–H groups in total. The quantitative estimate of drug-likeness (QED) is 0.638. The van der Waals surface area contributed by atoms with Gasteiger partial charge in [0.15, 0.2) is 6.10 Å². The van der Waals surface area contributed by atoms with Crippen molar-refractivity contribution in [2.45, 2.75) is 58.3 Å². The maximum Gasteiger partial charge on any atom is 0.412 e. The van der Waals surface area contributed by atoms with Crippen LogP contribution < -0.4 is 0 Å². The number of carbonyl (C=O) groups excluding carboxylic acids is 3. The number of aliphatic hydroxyl groups is 1. The third-order valence-corrected chi connectivity index (χ3v) is 4.08. The minimum Gasteiger partial charge on any atom is -0.458 e. The van der Waals surface area contributed by atoms with Crippen molar-refractivity contribution in [1.29, 1.82) is 0 Å². The number of hydrogen-bond acceptors (Lipinski definition) is 7. The zero-order chi connectivity index (χ0) is 19.3. The van der Waals surface area contributed by atoms with Gasteiger partial charge in [-0.15, -0.1) is 0 Å². The fourth-order valence-electron chi connectivity index (χ4n) is 2.97. The number of benzene rings is 1. The number of ether oxygens (including phenoxy) is 3. The largest absolute Gasteiger partial charge is 0.458 e. The van der Waals surface area contributed by atoms with E-state index in [0.29, 0.717) is 0 Å². The average molecular weight is 365 g/mol. The van der Waals surface area contributed by atoms with Crippen LogP contribution in [0.15, 0.2) is 30.3 Å². The summed E-state index contributed by atoms with van der Waals surface area (Å²) in [7, 11) is 0. The highest BCUT2D eigenvalue weighted by Crippen LogP contribution is 2.28. The molecule has 4 atom stereocenters. The number of nitrogens with zero attached hydrogens (tertiary/aromatic N) is 1. The monoisotopic (exact) mass is 365 g/mol. The molecule has 1 heterocycles. The van der Waals surface area contributed by atoms with Crippen molar-refractivity contribution >= 4 is 18.0 Å². The van der Waals surface area contributed by atoms with E-state index < -0.39 is 42.5 Å². The Morgan fingerprint density at radius 3 is 2.31 bits per heavy atom. The van der Waals surface area contributed by atoms with Gasteiger partial charge in [0.2, 0.25) is 0 Å². The van der Waals surface area contributed by atoms with E-state index in [1.54, 1.807) is 6.92 Å². The van der Waals surface area contributed by atoms with Gasteiger partial charge in [-0.1, -0.05) is 30.3 Å². The Bertz CT molecular complexity index is 648. The summed E-state index contributed by atoms with van der Waals surface area (Å²) in [6.07, 6.45) is -3.80. The molecular weight excluding hydrogens is 342 g/mol. The van der Waals surface area contributed by atoms with Gasteiger partial charge in [0, 0.05) is 20.3 Å². The Morgan fingerprint density at radius 2 is 1.73 bits per heavy atom. The first kappa shape index (κ1) is 19.7. The lowest BCUT2D eigenvalue weighted by Gasteiger charge is -2.44. The van der Waals surface area contributed by atoms with Crippen LogP contribution in [0.5, 0.6) is 0 Å². The average Bonchev–Trinajstić information content (AvgIpc) is 2.56. The molecule has 1 aromatic carbocycles. The molecule has 0 aromatic heterocycles. The molecule has 0 unspecified atom stereocenters. The lowest BCUT2D eigenvalue weighted by atomic mass is 9.95. The molecule has 142 valence electrons. The van der Waals surface area contributed by atoms with E-state index in [1.807, 2.05) is 30.3 Å². The molecular formula is C18H23NO7. The number of amides is 1. The van der Waals surface area contributed by atoms with E-state index >= 15 is 0 Å². The van der Waals surface area contributed by atoms with Crippen LogP contribution in [-0.2, 0) is 30.4 Å². The van der Waals surface area contributed by atoms with Crippen LogP contribution in [0.3, 0.4) is 0 Å². The molecule has 1 aromatic rings. The van der Waals surface area contributed by atoms with Crippen molar-refractivity contribution in [3.63, 3.8) is 0 Å². The first-order valence-corrected chi connectivity index (χ1v) is 8.31. The Balaban J connectivity index is 2.10. The highest BCUT2D eigenvalue weighted by atomic mass is 16.6. The van der Waals surface area contributed by atoms with Gasteiger partial charge in [-0.2, -0.15) is 0 Å². The molecule has 2 rings (SSSR count). The topological polar surface area (TPSA) is 102 Å². The van der Waals surface area contributed by atoms with Crippen LogP contribution in [0.1, 0.15) is 32.8 Å². The molecule has 0 aliphatic carbocycles. The van der Waals surface area contributed by atoms with Gasteiger partial charge in [-0.25, -0.2) is 4.79 Å². The summed E-state index contributed by atoms with van der Waals surface area (Å²) in [5.41, 5.74) is 0.800. The molecule has 0 saturated carbocycles. The molecule has 0 bridgehead atoms. The number of hydrogen-bond donors (Lipinski definition) is 1. The van der Waals surface area contributed by atoms with Crippen molar-refractivity contribution in [2.24, 2.45) is 0 Å². The smallest absolute Gasteiger partial charge is 0.412 e. The molecule has 0 spiro atoms. The van der Waals surface area contributed by atoms with Gasteiger partial charge in [-0.05, 0) is 12.5 Å². The summed E-state index contributed by atoms with van der Waals surface area (Å²) in [6, 6.07) is 8.36. The number of esters is 2. The molecule has 8 nitrogen and oxygen atoms in total. The summed E-state index contributed by atoms with van der Waals surface area (Å²) < 4.78 is 15.6. The van der Waals surface area contributed by atoms with E-state index in [-0.39, 0.29) is 13.0 Å². The molecule has 1 fully saturated rings. The number of piperidine rings is 1. The number of aliphatic hydroxyl groups excluding tert-OH is 1. The second-order valence-corrected chi connectivity index (χ2v) is 6.13. The Morgan fingerprint density at radius 1 is 1.12 bits per heavy atom. The van der Waals surface area contributed by atoms with Crippen LogP contribution in [0.25, 0.3) is 0 Å². The van der Waals surface area contributed by atoms with Crippen LogP contribution in [0.2, 0.25) is 0 Å². The Hall–Kier alpha value is -2.61. The minimum atomic E-state index is -1.23. The normalized spacial score (nSPS) is 25.3. The number of carbonyl (C=O) groups is 3. The summed E-state index contributed by atoms with van der Waals surface area (Å²) in [5, 5.41) is 10.3. The maximum atomic E-state index is 12.4. The van der Waals surface area contributed by atoms with Gasteiger partial charge in [0.1, 0.15) is 18.9 Å². The summed E-state index contributed by atoms with van der Waals surface area (Å²) >= 11 is 0. The van der Waals surface area contributed by atoms with Crippen molar-refractivity contribution in [3.05, 3.63) is 35.9 Å². The Kier molecular flexibility index (Phi) is 6.57. The van der Waals surface area contributed by atoms with Crippen LogP contribution in [-0.4, -0.2) is 52.5 Å². The standard InChI is InChI=1S/C18H23NO7/c1-11-17(26-13(3)21)15(25-12(2)20)9-16(22)19(11)18(23)24-10-14-7-5-4-6-8-14/h4-8,11,15-17,22H,9-10H2,1-3H3/t11-,15+,16-,17-/m1/s1. The highest BCUT2D eigenvalue weighted by molar-refractivity contribution is 5.70. The van der Waals surface area contributed by atoms with Gasteiger partial charge < -0.3 is 19.3 Å². The molecule has 1 amide bonds. The van der Waals surface area contributed by atoms with Crippen molar-refractivity contribution in [2.75, 3.05) is 0 Å². The highest BCUT2D eigenvalue weighted by Gasteiger charge is 2.46. The fraction of sp³-hybridized carbons (Fsp3) is 0.500. The van der Waals surface area contributed by atoms with Crippen LogP contribution in [0.4, 0.5) is 4.79 Å². The van der Waals surface area contributed by atoms with Crippen LogP contribution in [0, 0.1) is 0 Å². The third-order valence-electron chi connectivity index (χ3n) is 4.08. The van der Waals surface area contributed by atoms with Crippen molar-refractivity contribution < 1.29 is 33.7 Å². The number of rotatable bonds is 4. The lowest BCUT2D eigenvalue weighted by Crippen LogP contribution is -2.61. The molecule has 1 aliphatic heterocycles. The zero-order valence-corrected chi connectivity index (χ0v) is 15.0. The predicted molar refractivity (Wildman–Crippen MR) is 89.7 cm³/mol. The first-order chi connectivity index (χ1) is 12.3. The molecule has 8 heteroatoms. The predicted octanol–water partition coefficient (Wildman–Crippen LogP) is 1.60. The van der Waals surface area contributed by atoms with E-state index in [9.17, 15) is 19.5 Å². The fourth-order valence-corrected chi connectivity index (χ4v) is 2.97. The van der Waals surface area contributed by atoms with E-state index in [0.717, 1.165) is 10.5 Å². The van der Waals surface area contributed by atoms with Gasteiger partial charge in [-0.3, -0.25) is 14.5 Å². The second-order valence-electron chi connectivity index (χ2n) is 6.13. The summed E-state index contributed by atoms with van der Waals surface area (Å²) in [5.74, 6) is -1.14. The second kappa shape index (κ2) is 8.66.